The van der Waals surface area contributed by atoms with Crippen LogP contribution in [0.4, 0.5) is 0 Å². The van der Waals surface area contributed by atoms with Crippen LogP contribution in [0.15, 0.2) is 0 Å². The predicted octanol–water partition coefficient (Wildman–Crippen LogP) is 1.49. The fraction of sp³-hybridized carbons (Fsp3) is 0.917. The van der Waals surface area contributed by atoms with Crippen LogP contribution in [-0.4, -0.2) is 37.5 Å². The molecule has 88 valence electrons. The predicted molar refractivity (Wildman–Crippen MR) is 62.7 cm³/mol. The third-order valence-electron chi connectivity index (χ3n) is 2.94. The standard InChI is InChI=1S/C12H24N2O/c1-10(2)7-12(15)14(3)9-11-5-4-6-13-8-11/h10-11,13H,4-9H2,1-3H3. The number of nitrogens with one attached hydrogen (secondary N) is 1. The van der Waals surface area contributed by atoms with Crippen LogP contribution in [0.25, 0.3) is 0 Å². The molecular weight excluding hydrogens is 188 g/mol. The van der Waals surface area contributed by atoms with Crippen molar-refractivity contribution in [1.82, 2.24) is 10.2 Å². The second-order valence-corrected chi connectivity index (χ2v) is 5.08. The minimum absolute atomic E-state index is 0.288. The van der Waals surface area contributed by atoms with E-state index in [9.17, 15) is 4.79 Å². The molecule has 1 aliphatic heterocycles. The molecule has 0 radical (unpaired) electrons. The van der Waals surface area contributed by atoms with Gasteiger partial charge in [-0.15, -0.1) is 0 Å². The van der Waals surface area contributed by atoms with E-state index in [0.717, 1.165) is 19.6 Å². The number of piperidine rings is 1. The molecule has 1 rings (SSSR count). The monoisotopic (exact) mass is 212 g/mol. The lowest BCUT2D eigenvalue weighted by molar-refractivity contribution is -0.131. The van der Waals surface area contributed by atoms with Gasteiger partial charge < -0.3 is 10.2 Å². The summed E-state index contributed by atoms with van der Waals surface area (Å²) >= 11 is 0. The second kappa shape index (κ2) is 6.11. The molecule has 1 heterocycles. The van der Waals surface area contributed by atoms with Gasteiger partial charge in [-0.1, -0.05) is 13.8 Å². The molecule has 1 amide bonds. The van der Waals surface area contributed by atoms with E-state index in [-0.39, 0.29) is 5.91 Å². The topological polar surface area (TPSA) is 32.3 Å². The summed E-state index contributed by atoms with van der Waals surface area (Å²) in [4.78, 5) is 13.6. The van der Waals surface area contributed by atoms with Crippen LogP contribution in [0.3, 0.4) is 0 Å². The summed E-state index contributed by atoms with van der Waals surface area (Å²) in [6.07, 6.45) is 3.18. The summed E-state index contributed by atoms with van der Waals surface area (Å²) in [5, 5.41) is 3.38. The van der Waals surface area contributed by atoms with Gasteiger partial charge in [0.25, 0.3) is 0 Å². The van der Waals surface area contributed by atoms with Gasteiger partial charge in [-0.2, -0.15) is 0 Å². The molecule has 1 saturated heterocycles. The Hall–Kier alpha value is -0.570. The van der Waals surface area contributed by atoms with Crippen LogP contribution in [0.5, 0.6) is 0 Å². The number of carbonyl (C=O) groups excluding carboxylic acids is 1. The van der Waals surface area contributed by atoms with Gasteiger partial charge in [0, 0.05) is 20.0 Å². The van der Waals surface area contributed by atoms with Gasteiger partial charge in [0.15, 0.2) is 0 Å². The average Bonchev–Trinajstić information content (AvgIpc) is 2.18. The molecule has 0 aromatic carbocycles. The molecule has 3 nitrogen and oxygen atoms in total. The summed E-state index contributed by atoms with van der Waals surface area (Å²) in [6, 6.07) is 0. The summed E-state index contributed by atoms with van der Waals surface area (Å²) in [5.41, 5.74) is 0. The minimum Gasteiger partial charge on any atom is -0.345 e. The first kappa shape index (κ1) is 12.5. The molecule has 1 unspecified atom stereocenters. The van der Waals surface area contributed by atoms with Crippen LogP contribution >= 0.6 is 0 Å². The molecule has 15 heavy (non-hydrogen) atoms. The Balaban J connectivity index is 2.26. The van der Waals surface area contributed by atoms with Crippen LogP contribution in [0, 0.1) is 11.8 Å². The van der Waals surface area contributed by atoms with E-state index >= 15 is 0 Å². The van der Waals surface area contributed by atoms with Crippen molar-refractivity contribution in [2.75, 3.05) is 26.7 Å². The average molecular weight is 212 g/mol. The normalized spacial score (nSPS) is 21.7. The van der Waals surface area contributed by atoms with Gasteiger partial charge in [0.1, 0.15) is 0 Å². The number of carbonyl (C=O) groups is 1. The quantitative estimate of drug-likeness (QED) is 0.766. The van der Waals surface area contributed by atoms with Gasteiger partial charge in [-0.05, 0) is 37.8 Å². The molecule has 0 saturated carbocycles. The highest BCUT2D eigenvalue weighted by Gasteiger charge is 2.18. The third-order valence-corrected chi connectivity index (χ3v) is 2.94. The van der Waals surface area contributed by atoms with Crippen molar-refractivity contribution in [3.63, 3.8) is 0 Å². The van der Waals surface area contributed by atoms with Crippen molar-refractivity contribution in [2.45, 2.75) is 33.1 Å². The first-order valence-electron chi connectivity index (χ1n) is 6.04. The zero-order chi connectivity index (χ0) is 11.3. The van der Waals surface area contributed by atoms with E-state index in [2.05, 4.69) is 19.2 Å². The molecular formula is C12H24N2O. The van der Waals surface area contributed by atoms with Crippen molar-refractivity contribution in [3.05, 3.63) is 0 Å². The highest BCUT2D eigenvalue weighted by atomic mass is 16.2. The zero-order valence-electron chi connectivity index (χ0n) is 10.3. The zero-order valence-corrected chi connectivity index (χ0v) is 10.3. The summed E-state index contributed by atoms with van der Waals surface area (Å²) in [6.45, 7) is 7.31. The molecule has 0 aromatic heterocycles. The number of nitrogens with zero attached hydrogens (tertiary/aromatic N) is 1. The van der Waals surface area contributed by atoms with Gasteiger partial charge in [-0.3, -0.25) is 4.79 Å². The van der Waals surface area contributed by atoms with Gasteiger partial charge >= 0.3 is 0 Å². The van der Waals surface area contributed by atoms with Crippen LogP contribution in [-0.2, 0) is 4.79 Å². The Morgan fingerprint density at radius 2 is 2.27 bits per heavy atom. The fourth-order valence-electron chi connectivity index (χ4n) is 2.07. The number of rotatable bonds is 4. The van der Waals surface area contributed by atoms with Gasteiger partial charge in [-0.25, -0.2) is 0 Å². The van der Waals surface area contributed by atoms with E-state index < -0.39 is 0 Å². The minimum atomic E-state index is 0.288. The molecule has 1 N–H and O–H groups in total. The van der Waals surface area contributed by atoms with E-state index in [1.807, 2.05) is 11.9 Å². The van der Waals surface area contributed by atoms with Crippen molar-refractivity contribution in [3.8, 4) is 0 Å². The Morgan fingerprint density at radius 1 is 1.53 bits per heavy atom. The summed E-state index contributed by atoms with van der Waals surface area (Å²) < 4.78 is 0. The Morgan fingerprint density at radius 3 is 2.80 bits per heavy atom. The van der Waals surface area contributed by atoms with E-state index in [1.165, 1.54) is 12.8 Å². The van der Waals surface area contributed by atoms with E-state index in [4.69, 9.17) is 0 Å². The molecule has 1 aliphatic rings. The van der Waals surface area contributed by atoms with Crippen LogP contribution in [0.2, 0.25) is 0 Å². The number of hydrogen-bond donors (Lipinski definition) is 1. The molecule has 3 heteroatoms. The van der Waals surface area contributed by atoms with Crippen LogP contribution in [0.1, 0.15) is 33.1 Å². The van der Waals surface area contributed by atoms with Gasteiger partial charge in [0.05, 0.1) is 0 Å². The summed E-state index contributed by atoms with van der Waals surface area (Å²) in [5.74, 6) is 1.40. The Labute approximate surface area is 93.2 Å². The lowest BCUT2D eigenvalue weighted by atomic mass is 9.99. The highest BCUT2D eigenvalue weighted by molar-refractivity contribution is 5.76. The molecule has 0 aliphatic carbocycles. The van der Waals surface area contributed by atoms with E-state index in [0.29, 0.717) is 18.3 Å². The smallest absolute Gasteiger partial charge is 0.222 e. The van der Waals surface area contributed by atoms with Crippen molar-refractivity contribution >= 4 is 5.91 Å². The SMILES string of the molecule is CC(C)CC(=O)N(C)CC1CCCNC1. The number of hydrogen-bond acceptors (Lipinski definition) is 2. The summed E-state index contributed by atoms with van der Waals surface area (Å²) in [7, 11) is 1.93. The van der Waals surface area contributed by atoms with Crippen molar-refractivity contribution in [2.24, 2.45) is 11.8 Å². The van der Waals surface area contributed by atoms with Crippen molar-refractivity contribution < 1.29 is 4.79 Å². The molecule has 1 fully saturated rings. The lowest BCUT2D eigenvalue weighted by Crippen LogP contribution is -2.39. The molecule has 0 bridgehead atoms. The maximum absolute atomic E-state index is 11.7. The van der Waals surface area contributed by atoms with Gasteiger partial charge in [0.2, 0.25) is 5.91 Å². The molecule has 1 atom stereocenters. The third kappa shape index (κ3) is 4.65. The Kier molecular flexibility index (Phi) is 5.09. The maximum Gasteiger partial charge on any atom is 0.222 e. The molecule has 0 aromatic rings. The lowest BCUT2D eigenvalue weighted by Gasteiger charge is -2.28. The highest BCUT2D eigenvalue weighted by Crippen LogP contribution is 2.12. The largest absolute Gasteiger partial charge is 0.345 e. The first-order chi connectivity index (χ1) is 7.09. The first-order valence-corrected chi connectivity index (χ1v) is 6.04. The van der Waals surface area contributed by atoms with Crippen molar-refractivity contribution in [1.29, 1.82) is 0 Å². The fourth-order valence-corrected chi connectivity index (χ4v) is 2.07. The van der Waals surface area contributed by atoms with Crippen LogP contribution < -0.4 is 5.32 Å². The maximum atomic E-state index is 11.7. The number of amides is 1. The Bertz CT molecular complexity index is 198. The molecule has 0 spiro atoms. The second-order valence-electron chi connectivity index (χ2n) is 5.08. The van der Waals surface area contributed by atoms with E-state index in [1.54, 1.807) is 0 Å².